The van der Waals surface area contributed by atoms with Crippen molar-refractivity contribution in [2.75, 3.05) is 0 Å². The molecule has 2 unspecified atom stereocenters. The van der Waals surface area contributed by atoms with Crippen LogP contribution in [0.5, 0.6) is 0 Å². The van der Waals surface area contributed by atoms with Gasteiger partial charge in [0, 0.05) is 5.92 Å². The first-order valence-electron chi connectivity index (χ1n) is 5.38. The molecular weight excluding hydrogens is 200 g/mol. The van der Waals surface area contributed by atoms with Crippen molar-refractivity contribution in [3.05, 3.63) is 60.2 Å². The summed E-state index contributed by atoms with van der Waals surface area (Å²) >= 11 is 0. The van der Waals surface area contributed by atoms with E-state index in [9.17, 15) is 4.79 Å². The molecule has 1 aliphatic rings. The van der Waals surface area contributed by atoms with Crippen molar-refractivity contribution in [3.63, 3.8) is 0 Å². The van der Waals surface area contributed by atoms with Crippen LogP contribution in [0.2, 0.25) is 0 Å². The molecule has 16 heavy (non-hydrogen) atoms. The first kappa shape index (κ1) is 10.7. The molecule has 0 bridgehead atoms. The van der Waals surface area contributed by atoms with Crippen molar-refractivity contribution in [2.24, 2.45) is 5.92 Å². The van der Waals surface area contributed by atoms with Crippen LogP contribution in [0.3, 0.4) is 0 Å². The van der Waals surface area contributed by atoms with E-state index in [0.717, 1.165) is 0 Å². The van der Waals surface area contributed by atoms with Gasteiger partial charge in [-0.3, -0.25) is 0 Å². The number of rotatable bonds is 2. The predicted octanol–water partition coefficient (Wildman–Crippen LogP) is 2.97. The van der Waals surface area contributed by atoms with Crippen LogP contribution in [0.15, 0.2) is 54.6 Å². The van der Waals surface area contributed by atoms with Gasteiger partial charge in [-0.2, -0.15) is 0 Å². The summed E-state index contributed by atoms with van der Waals surface area (Å²) in [5.74, 6) is -0.0323. The average molecular weight is 214 g/mol. The zero-order valence-electron chi connectivity index (χ0n) is 9.17. The van der Waals surface area contributed by atoms with E-state index in [2.05, 4.69) is 0 Å². The van der Waals surface area contributed by atoms with Crippen LogP contribution >= 0.6 is 0 Å². The lowest BCUT2D eigenvalue weighted by molar-refractivity contribution is 0.0329. The number of hydrogen-bond acceptors (Lipinski definition) is 2. The number of benzene rings is 1. The second-order valence-corrected chi connectivity index (χ2v) is 3.86. The third-order valence-corrected chi connectivity index (χ3v) is 2.60. The van der Waals surface area contributed by atoms with Crippen LogP contribution < -0.4 is 0 Å². The van der Waals surface area contributed by atoms with Gasteiger partial charge in [-0.1, -0.05) is 43.4 Å². The number of ether oxygens (including phenoxy) is 1. The van der Waals surface area contributed by atoms with E-state index >= 15 is 0 Å². The molecule has 0 radical (unpaired) electrons. The SMILES string of the molecule is CC1C=CC=CC1OC(=O)c1ccccc1. The third kappa shape index (κ3) is 2.40. The number of carbonyl (C=O) groups excluding carboxylic acids is 1. The van der Waals surface area contributed by atoms with Crippen molar-refractivity contribution in [3.8, 4) is 0 Å². The number of allylic oxidation sites excluding steroid dienone is 2. The molecule has 82 valence electrons. The highest BCUT2D eigenvalue weighted by Crippen LogP contribution is 2.16. The Morgan fingerprint density at radius 2 is 1.81 bits per heavy atom. The van der Waals surface area contributed by atoms with Gasteiger partial charge in [0.25, 0.3) is 0 Å². The van der Waals surface area contributed by atoms with E-state index in [-0.39, 0.29) is 18.0 Å². The highest BCUT2D eigenvalue weighted by Gasteiger charge is 2.19. The molecule has 2 heteroatoms. The zero-order chi connectivity index (χ0) is 11.4. The standard InChI is InChI=1S/C14H14O2/c1-11-7-5-6-10-13(11)16-14(15)12-8-3-2-4-9-12/h2-11,13H,1H3. The Kier molecular flexibility index (Phi) is 3.20. The highest BCUT2D eigenvalue weighted by atomic mass is 16.5. The van der Waals surface area contributed by atoms with Gasteiger partial charge in [0.05, 0.1) is 5.56 Å². The maximum absolute atomic E-state index is 11.8. The van der Waals surface area contributed by atoms with Gasteiger partial charge in [0.2, 0.25) is 0 Å². The monoisotopic (exact) mass is 214 g/mol. The van der Waals surface area contributed by atoms with Gasteiger partial charge in [0.1, 0.15) is 6.10 Å². The molecule has 0 saturated heterocycles. The number of esters is 1. The summed E-state index contributed by atoms with van der Waals surface area (Å²) in [6.07, 6.45) is 7.66. The van der Waals surface area contributed by atoms with Crippen molar-refractivity contribution in [2.45, 2.75) is 13.0 Å². The summed E-state index contributed by atoms with van der Waals surface area (Å²) in [4.78, 5) is 11.8. The molecule has 1 aliphatic carbocycles. The van der Waals surface area contributed by atoms with Gasteiger partial charge in [-0.15, -0.1) is 0 Å². The van der Waals surface area contributed by atoms with E-state index in [1.54, 1.807) is 12.1 Å². The molecule has 1 aromatic rings. The van der Waals surface area contributed by atoms with E-state index in [1.807, 2.05) is 49.4 Å². The maximum atomic E-state index is 11.8. The molecule has 0 spiro atoms. The largest absolute Gasteiger partial charge is 0.454 e. The minimum atomic E-state index is -0.266. The van der Waals surface area contributed by atoms with Gasteiger partial charge < -0.3 is 4.74 Å². The predicted molar refractivity (Wildman–Crippen MR) is 63.1 cm³/mol. The molecule has 2 rings (SSSR count). The summed E-state index contributed by atoms with van der Waals surface area (Å²) in [6.45, 7) is 2.03. The molecule has 0 aromatic heterocycles. The van der Waals surface area contributed by atoms with E-state index in [4.69, 9.17) is 4.74 Å². The lowest BCUT2D eigenvalue weighted by Crippen LogP contribution is -2.23. The van der Waals surface area contributed by atoms with Gasteiger partial charge in [-0.05, 0) is 18.2 Å². The Labute approximate surface area is 95.2 Å². The van der Waals surface area contributed by atoms with Gasteiger partial charge >= 0.3 is 5.97 Å². The molecule has 0 N–H and O–H groups in total. The minimum absolute atomic E-state index is 0.155. The zero-order valence-corrected chi connectivity index (χ0v) is 9.17. The number of hydrogen-bond donors (Lipinski definition) is 0. The second-order valence-electron chi connectivity index (χ2n) is 3.86. The normalized spacial score (nSPS) is 23.1. The van der Waals surface area contributed by atoms with Crippen LogP contribution in [0.4, 0.5) is 0 Å². The summed E-state index contributed by atoms with van der Waals surface area (Å²) in [5, 5.41) is 0. The smallest absolute Gasteiger partial charge is 0.338 e. The van der Waals surface area contributed by atoms with Gasteiger partial charge in [-0.25, -0.2) is 4.79 Å². The van der Waals surface area contributed by atoms with E-state index in [0.29, 0.717) is 5.56 Å². The van der Waals surface area contributed by atoms with Crippen LogP contribution in [-0.4, -0.2) is 12.1 Å². The molecule has 0 fully saturated rings. The summed E-state index contributed by atoms with van der Waals surface area (Å²) in [6, 6.07) is 9.06. The van der Waals surface area contributed by atoms with Gasteiger partial charge in [0.15, 0.2) is 0 Å². The van der Waals surface area contributed by atoms with Crippen molar-refractivity contribution in [1.29, 1.82) is 0 Å². The molecule has 2 nitrogen and oxygen atoms in total. The summed E-state index contributed by atoms with van der Waals surface area (Å²) < 4.78 is 5.41. The molecule has 0 saturated carbocycles. The first-order valence-corrected chi connectivity index (χ1v) is 5.38. The lowest BCUT2D eigenvalue weighted by Gasteiger charge is -2.20. The molecule has 2 atom stereocenters. The van der Waals surface area contributed by atoms with E-state index in [1.165, 1.54) is 0 Å². The third-order valence-electron chi connectivity index (χ3n) is 2.60. The Morgan fingerprint density at radius 3 is 2.50 bits per heavy atom. The minimum Gasteiger partial charge on any atom is -0.454 e. The molecule has 1 aromatic carbocycles. The quantitative estimate of drug-likeness (QED) is 0.707. The maximum Gasteiger partial charge on any atom is 0.338 e. The second kappa shape index (κ2) is 4.79. The Morgan fingerprint density at radius 1 is 1.12 bits per heavy atom. The first-order chi connectivity index (χ1) is 7.77. The Hall–Kier alpha value is -1.83. The fourth-order valence-corrected chi connectivity index (χ4v) is 1.61. The highest BCUT2D eigenvalue weighted by molar-refractivity contribution is 5.89. The Bertz CT molecular complexity index is 418. The average Bonchev–Trinajstić information content (AvgIpc) is 2.33. The number of carbonyl (C=O) groups is 1. The fourth-order valence-electron chi connectivity index (χ4n) is 1.61. The molecule has 0 aliphatic heterocycles. The van der Waals surface area contributed by atoms with Crippen molar-refractivity contribution in [1.82, 2.24) is 0 Å². The molecular formula is C14H14O2. The molecule has 0 amide bonds. The Balaban J connectivity index is 2.03. The van der Waals surface area contributed by atoms with Crippen LogP contribution in [0, 0.1) is 5.92 Å². The van der Waals surface area contributed by atoms with Crippen molar-refractivity contribution >= 4 is 5.97 Å². The topological polar surface area (TPSA) is 26.3 Å². The molecule has 0 heterocycles. The van der Waals surface area contributed by atoms with Crippen LogP contribution in [0.1, 0.15) is 17.3 Å². The lowest BCUT2D eigenvalue weighted by atomic mass is 10.00. The van der Waals surface area contributed by atoms with Crippen LogP contribution in [0.25, 0.3) is 0 Å². The van der Waals surface area contributed by atoms with E-state index < -0.39 is 0 Å². The van der Waals surface area contributed by atoms with Crippen LogP contribution in [-0.2, 0) is 4.74 Å². The van der Waals surface area contributed by atoms with Crippen molar-refractivity contribution < 1.29 is 9.53 Å². The summed E-state index contributed by atoms with van der Waals surface area (Å²) in [7, 11) is 0. The fraction of sp³-hybridized carbons (Fsp3) is 0.214. The summed E-state index contributed by atoms with van der Waals surface area (Å²) in [5.41, 5.74) is 0.595.